The lowest BCUT2D eigenvalue weighted by Crippen LogP contribution is -1.91. The number of aryl methyl sites for hydroxylation is 1. The smallest absolute Gasteiger partial charge is 0.127 e. The topological polar surface area (TPSA) is 14.2 Å². The van der Waals surface area contributed by atoms with E-state index in [1.807, 2.05) is 42.5 Å². The van der Waals surface area contributed by atoms with Crippen molar-refractivity contribution in [2.45, 2.75) is 0 Å². The number of fused-ring (bicyclic) bond motifs is 1. The summed E-state index contributed by atoms with van der Waals surface area (Å²) in [6.07, 6.45) is 0. The van der Waals surface area contributed by atoms with Gasteiger partial charge in [0.15, 0.2) is 0 Å². The molecule has 0 saturated heterocycles. The highest BCUT2D eigenvalue weighted by Gasteiger charge is 2.07. The van der Waals surface area contributed by atoms with E-state index >= 15 is 0 Å². The lowest BCUT2D eigenvalue weighted by molar-refractivity contribution is 0.483. The summed E-state index contributed by atoms with van der Waals surface area (Å²) in [7, 11) is 2.10. The molecule has 0 aliphatic rings. The lowest BCUT2D eigenvalue weighted by Gasteiger charge is -2.08. The third-order valence-corrected chi connectivity index (χ3v) is 4.08. The van der Waals surface area contributed by atoms with Gasteiger partial charge in [0.1, 0.15) is 11.5 Å². The number of ether oxygens (including phenoxy) is 1. The van der Waals surface area contributed by atoms with Crippen LogP contribution < -0.4 is 4.74 Å². The first-order chi connectivity index (χ1) is 11.3. The maximum atomic E-state index is 5.85. The Morgan fingerprint density at radius 1 is 0.696 bits per heavy atom. The molecule has 0 N–H and O–H groups in total. The molecule has 0 bridgehead atoms. The van der Waals surface area contributed by atoms with Crippen LogP contribution >= 0.6 is 0 Å². The molecule has 0 spiro atoms. The quantitative estimate of drug-likeness (QED) is 0.477. The van der Waals surface area contributed by atoms with Crippen molar-refractivity contribution in [3.63, 3.8) is 0 Å². The Kier molecular flexibility index (Phi) is 3.35. The minimum Gasteiger partial charge on any atom is -0.457 e. The standard InChI is InChI=1S/C21H17NO/c1-22-20-10-6-5-7-17(20)15-21(22)16-11-13-19(14-12-16)23-18-8-3-2-4-9-18/h2-15H,1H3. The van der Waals surface area contributed by atoms with Crippen molar-refractivity contribution in [2.24, 2.45) is 7.05 Å². The van der Waals surface area contributed by atoms with Crippen molar-refractivity contribution in [3.8, 4) is 22.8 Å². The molecule has 0 unspecified atom stereocenters. The summed E-state index contributed by atoms with van der Waals surface area (Å²) in [4.78, 5) is 0. The molecule has 0 atom stereocenters. The monoisotopic (exact) mass is 299 g/mol. The second kappa shape index (κ2) is 5.65. The highest BCUT2D eigenvalue weighted by Crippen LogP contribution is 2.29. The summed E-state index contributed by atoms with van der Waals surface area (Å²) in [5.74, 6) is 1.70. The van der Waals surface area contributed by atoms with Crippen molar-refractivity contribution < 1.29 is 4.74 Å². The summed E-state index contributed by atoms with van der Waals surface area (Å²) in [5, 5.41) is 1.26. The van der Waals surface area contributed by atoms with Gasteiger partial charge in [0, 0.05) is 23.6 Å². The molecule has 4 rings (SSSR count). The van der Waals surface area contributed by atoms with Gasteiger partial charge in [0.05, 0.1) is 0 Å². The van der Waals surface area contributed by atoms with E-state index in [1.165, 1.54) is 22.2 Å². The SMILES string of the molecule is Cn1c(-c2ccc(Oc3ccccc3)cc2)cc2ccccc21. The number of benzene rings is 3. The first-order valence-corrected chi connectivity index (χ1v) is 7.69. The van der Waals surface area contributed by atoms with Crippen molar-refractivity contribution >= 4 is 10.9 Å². The average Bonchev–Trinajstić information content (AvgIpc) is 2.94. The Morgan fingerprint density at radius 2 is 1.35 bits per heavy atom. The third kappa shape index (κ3) is 2.59. The van der Waals surface area contributed by atoms with Crippen molar-refractivity contribution in [1.29, 1.82) is 0 Å². The highest BCUT2D eigenvalue weighted by molar-refractivity contribution is 5.86. The van der Waals surface area contributed by atoms with Gasteiger partial charge in [-0.05, 0) is 54.1 Å². The van der Waals surface area contributed by atoms with Crippen molar-refractivity contribution in [2.75, 3.05) is 0 Å². The molecule has 2 heteroatoms. The summed E-state index contributed by atoms with van der Waals surface area (Å²) in [6.45, 7) is 0. The molecule has 0 aliphatic carbocycles. The zero-order valence-electron chi connectivity index (χ0n) is 12.9. The Hall–Kier alpha value is -3.00. The van der Waals surface area contributed by atoms with Crippen LogP contribution in [-0.4, -0.2) is 4.57 Å². The molecule has 0 saturated carbocycles. The molecule has 2 nitrogen and oxygen atoms in total. The van der Waals surface area contributed by atoms with E-state index in [2.05, 4.69) is 54.1 Å². The first-order valence-electron chi connectivity index (χ1n) is 7.69. The van der Waals surface area contributed by atoms with Gasteiger partial charge in [-0.1, -0.05) is 36.4 Å². The number of para-hydroxylation sites is 2. The second-order valence-electron chi connectivity index (χ2n) is 5.59. The largest absolute Gasteiger partial charge is 0.457 e. The molecular weight excluding hydrogens is 282 g/mol. The van der Waals surface area contributed by atoms with Gasteiger partial charge in [-0.15, -0.1) is 0 Å². The molecule has 0 aliphatic heterocycles. The van der Waals surface area contributed by atoms with E-state index in [1.54, 1.807) is 0 Å². The van der Waals surface area contributed by atoms with Gasteiger partial charge >= 0.3 is 0 Å². The molecule has 23 heavy (non-hydrogen) atoms. The van der Waals surface area contributed by atoms with Crippen LogP contribution in [-0.2, 0) is 7.05 Å². The predicted molar refractivity (Wildman–Crippen MR) is 94.9 cm³/mol. The number of aromatic nitrogens is 1. The molecule has 0 radical (unpaired) electrons. The molecule has 1 aromatic heterocycles. The zero-order valence-corrected chi connectivity index (χ0v) is 12.9. The van der Waals surface area contributed by atoms with Crippen LogP contribution in [0.25, 0.3) is 22.2 Å². The maximum Gasteiger partial charge on any atom is 0.127 e. The van der Waals surface area contributed by atoms with E-state index < -0.39 is 0 Å². The number of hydrogen-bond acceptors (Lipinski definition) is 1. The Balaban J connectivity index is 1.66. The molecule has 0 fully saturated rings. The number of nitrogens with zero attached hydrogens (tertiary/aromatic N) is 1. The summed E-state index contributed by atoms with van der Waals surface area (Å²) in [6, 6.07) is 28.7. The van der Waals surface area contributed by atoms with Crippen LogP contribution in [0.15, 0.2) is 84.9 Å². The van der Waals surface area contributed by atoms with E-state index in [0.717, 1.165) is 11.5 Å². The minimum atomic E-state index is 0.846. The fourth-order valence-corrected chi connectivity index (χ4v) is 2.88. The van der Waals surface area contributed by atoms with Crippen LogP contribution in [0.1, 0.15) is 0 Å². The molecule has 1 heterocycles. The van der Waals surface area contributed by atoms with Crippen LogP contribution in [0.3, 0.4) is 0 Å². The van der Waals surface area contributed by atoms with Crippen molar-refractivity contribution in [3.05, 3.63) is 84.9 Å². The summed E-state index contributed by atoms with van der Waals surface area (Å²) < 4.78 is 8.08. The summed E-state index contributed by atoms with van der Waals surface area (Å²) in [5.41, 5.74) is 3.63. The van der Waals surface area contributed by atoms with Crippen LogP contribution in [0.4, 0.5) is 0 Å². The lowest BCUT2D eigenvalue weighted by atomic mass is 10.1. The fourth-order valence-electron chi connectivity index (χ4n) is 2.88. The maximum absolute atomic E-state index is 5.85. The molecule has 4 aromatic rings. The van der Waals surface area contributed by atoms with Crippen molar-refractivity contribution in [1.82, 2.24) is 4.57 Å². The highest BCUT2D eigenvalue weighted by atomic mass is 16.5. The van der Waals surface area contributed by atoms with E-state index in [-0.39, 0.29) is 0 Å². The van der Waals surface area contributed by atoms with Gasteiger partial charge in [0.25, 0.3) is 0 Å². The second-order valence-corrected chi connectivity index (χ2v) is 5.59. The van der Waals surface area contributed by atoms with Gasteiger partial charge in [0.2, 0.25) is 0 Å². The van der Waals surface area contributed by atoms with E-state index in [0.29, 0.717) is 0 Å². The average molecular weight is 299 g/mol. The minimum absolute atomic E-state index is 0.846. The molecule has 0 amide bonds. The number of hydrogen-bond donors (Lipinski definition) is 0. The van der Waals surface area contributed by atoms with Gasteiger partial charge in [-0.3, -0.25) is 0 Å². The molecule has 3 aromatic carbocycles. The Morgan fingerprint density at radius 3 is 2.09 bits per heavy atom. The van der Waals surface area contributed by atoms with Gasteiger partial charge in [-0.2, -0.15) is 0 Å². The molecular formula is C21H17NO. The third-order valence-electron chi connectivity index (χ3n) is 4.08. The van der Waals surface area contributed by atoms with Crippen LogP contribution in [0.5, 0.6) is 11.5 Å². The fraction of sp³-hybridized carbons (Fsp3) is 0.0476. The molecule has 112 valence electrons. The van der Waals surface area contributed by atoms with Crippen LogP contribution in [0, 0.1) is 0 Å². The van der Waals surface area contributed by atoms with Gasteiger partial charge < -0.3 is 9.30 Å². The first kappa shape index (κ1) is 13.6. The Labute approximate surface area is 135 Å². The Bertz CT molecular complexity index is 937. The van der Waals surface area contributed by atoms with E-state index in [4.69, 9.17) is 4.74 Å². The number of rotatable bonds is 3. The van der Waals surface area contributed by atoms with Crippen LogP contribution in [0.2, 0.25) is 0 Å². The van der Waals surface area contributed by atoms with E-state index in [9.17, 15) is 0 Å². The van der Waals surface area contributed by atoms with Gasteiger partial charge in [-0.25, -0.2) is 0 Å². The zero-order chi connectivity index (χ0) is 15.6. The predicted octanol–water partition coefficient (Wildman–Crippen LogP) is 5.64. The normalized spacial score (nSPS) is 10.8. The summed E-state index contributed by atoms with van der Waals surface area (Å²) >= 11 is 0.